The van der Waals surface area contributed by atoms with Gasteiger partial charge in [0.1, 0.15) is 6.07 Å². The van der Waals surface area contributed by atoms with Crippen LogP contribution in [-0.2, 0) is 0 Å². The number of hydrogen-bond donors (Lipinski definition) is 1. The molecule has 0 bridgehead atoms. The highest BCUT2D eigenvalue weighted by molar-refractivity contribution is 5.63. The lowest BCUT2D eigenvalue weighted by atomic mass is 10.00. The highest BCUT2D eigenvalue weighted by atomic mass is 19.4. The van der Waals surface area contributed by atoms with Crippen LogP contribution in [0.4, 0.5) is 18.9 Å². The zero-order chi connectivity index (χ0) is 17.0. The maximum atomic E-state index is 12.8. The fourth-order valence-electron chi connectivity index (χ4n) is 2.88. The standard InChI is InChI=1S/C16H20F3N3O/c1-2-6-21-7-9-22(10-8-21)14-5-3-4-12(13(14)11-20)15(23)16(17,18)19/h3-5,15,23H,2,6-10H2,1H3. The Morgan fingerprint density at radius 2 is 1.91 bits per heavy atom. The van der Waals surface area contributed by atoms with E-state index in [2.05, 4.69) is 11.8 Å². The van der Waals surface area contributed by atoms with Crippen LogP contribution >= 0.6 is 0 Å². The van der Waals surface area contributed by atoms with E-state index in [1.54, 1.807) is 6.07 Å². The van der Waals surface area contributed by atoms with E-state index in [0.29, 0.717) is 18.8 Å². The van der Waals surface area contributed by atoms with Crippen LogP contribution in [0.1, 0.15) is 30.6 Å². The molecule has 1 unspecified atom stereocenters. The molecule has 0 aliphatic carbocycles. The summed E-state index contributed by atoms with van der Waals surface area (Å²) >= 11 is 0. The molecule has 1 aliphatic rings. The molecule has 126 valence electrons. The molecular weight excluding hydrogens is 307 g/mol. The van der Waals surface area contributed by atoms with E-state index in [0.717, 1.165) is 32.1 Å². The van der Waals surface area contributed by atoms with Crippen molar-refractivity contribution in [2.24, 2.45) is 0 Å². The molecule has 2 rings (SSSR count). The number of anilines is 1. The van der Waals surface area contributed by atoms with Crippen molar-refractivity contribution in [3.63, 3.8) is 0 Å². The summed E-state index contributed by atoms with van der Waals surface area (Å²) in [6, 6.07) is 6.09. The van der Waals surface area contributed by atoms with Crippen LogP contribution in [0.3, 0.4) is 0 Å². The molecule has 1 saturated heterocycles. The van der Waals surface area contributed by atoms with E-state index in [4.69, 9.17) is 0 Å². The van der Waals surface area contributed by atoms with Crippen LogP contribution in [0.15, 0.2) is 18.2 Å². The third-order valence-corrected chi connectivity index (χ3v) is 4.04. The average molecular weight is 327 g/mol. The first-order valence-corrected chi connectivity index (χ1v) is 7.63. The summed E-state index contributed by atoms with van der Waals surface area (Å²) in [5.74, 6) is 0. The SMILES string of the molecule is CCCN1CCN(c2cccc(C(O)C(F)(F)F)c2C#N)CC1. The largest absolute Gasteiger partial charge is 0.418 e. The summed E-state index contributed by atoms with van der Waals surface area (Å²) in [6.07, 6.45) is -6.38. The van der Waals surface area contributed by atoms with Gasteiger partial charge in [0.2, 0.25) is 0 Å². The van der Waals surface area contributed by atoms with Gasteiger partial charge in [0.15, 0.2) is 6.10 Å². The fraction of sp³-hybridized carbons (Fsp3) is 0.562. The Labute approximate surface area is 133 Å². The molecule has 7 heteroatoms. The summed E-state index contributed by atoms with van der Waals surface area (Å²) in [7, 11) is 0. The topological polar surface area (TPSA) is 50.5 Å². The Balaban J connectivity index is 2.26. The van der Waals surface area contributed by atoms with Crippen molar-refractivity contribution in [1.82, 2.24) is 4.90 Å². The van der Waals surface area contributed by atoms with Gasteiger partial charge in [-0.2, -0.15) is 18.4 Å². The highest BCUT2D eigenvalue weighted by Gasteiger charge is 2.41. The van der Waals surface area contributed by atoms with Crippen molar-refractivity contribution in [3.8, 4) is 6.07 Å². The predicted molar refractivity (Wildman–Crippen MR) is 81.1 cm³/mol. The zero-order valence-corrected chi connectivity index (χ0v) is 13.0. The molecule has 0 amide bonds. The lowest BCUT2D eigenvalue weighted by Crippen LogP contribution is -2.46. The third kappa shape index (κ3) is 3.95. The number of nitrogens with zero attached hydrogens (tertiary/aromatic N) is 3. The first-order valence-electron chi connectivity index (χ1n) is 7.63. The fourth-order valence-corrected chi connectivity index (χ4v) is 2.88. The van der Waals surface area contributed by atoms with E-state index in [1.165, 1.54) is 6.07 Å². The van der Waals surface area contributed by atoms with Crippen molar-refractivity contribution in [3.05, 3.63) is 29.3 Å². The smallest absolute Gasteiger partial charge is 0.379 e. The second-order valence-electron chi connectivity index (χ2n) is 5.63. The Hall–Kier alpha value is -1.78. The highest BCUT2D eigenvalue weighted by Crippen LogP contribution is 2.37. The van der Waals surface area contributed by atoms with Crippen molar-refractivity contribution in [2.75, 3.05) is 37.6 Å². The normalized spacial score (nSPS) is 17.8. The zero-order valence-electron chi connectivity index (χ0n) is 13.0. The molecule has 1 atom stereocenters. The van der Waals surface area contributed by atoms with Gasteiger partial charge in [0.05, 0.1) is 11.3 Å². The summed E-state index contributed by atoms with van der Waals surface area (Å²) < 4.78 is 38.3. The molecule has 23 heavy (non-hydrogen) atoms. The van der Waals surface area contributed by atoms with Crippen molar-refractivity contribution >= 4 is 5.69 Å². The van der Waals surface area contributed by atoms with Gasteiger partial charge in [-0.15, -0.1) is 0 Å². The summed E-state index contributed by atoms with van der Waals surface area (Å²) in [4.78, 5) is 4.20. The van der Waals surface area contributed by atoms with Gasteiger partial charge >= 0.3 is 6.18 Å². The first kappa shape index (κ1) is 17.6. The number of piperazine rings is 1. The number of rotatable bonds is 4. The Morgan fingerprint density at radius 1 is 1.26 bits per heavy atom. The van der Waals surface area contributed by atoms with Crippen LogP contribution in [0.5, 0.6) is 0 Å². The van der Waals surface area contributed by atoms with Gasteiger partial charge in [-0.1, -0.05) is 19.1 Å². The van der Waals surface area contributed by atoms with E-state index >= 15 is 0 Å². The minimum Gasteiger partial charge on any atom is -0.379 e. The second-order valence-corrected chi connectivity index (χ2v) is 5.63. The molecule has 0 saturated carbocycles. The first-order chi connectivity index (χ1) is 10.9. The summed E-state index contributed by atoms with van der Waals surface area (Å²) in [6.45, 7) is 6.02. The number of benzene rings is 1. The van der Waals surface area contributed by atoms with Crippen molar-refractivity contribution < 1.29 is 18.3 Å². The number of nitriles is 1. The molecule has 4 nitrogen and oxygen atoms in total. The Kier molecular flexibility index (Phi) is 5.50. The molecule has 0 spiro atoms. The van der Waals surface area contributed by atoms with Gasteiger partial charge in [0.25, 0.3) is 0 Å². The molecule has 1 aliphatic heterocycles. The minimum absolute atomic E-state index is 0.0960. The molecule has 0 radical (unpaired) electrons. The number of aliphatic hydroxyl groups excluding tert-OH is 1. The number of halogens is 3. The molecule has 0 aromatic heterocycles. The monoisotopic (exact) mass is 327 g/mol. The quantitative estimate of drug-likeness (QED) is 0.924. The summed E-state index contributed by atoms with van der Waals surface area (Å²) in [5, 5.41) is 18.8. The maximum absolute atomic E-state index is 12.8. The van der Waals surface area contributed by atoms with E-state index in [9.17, 15) is 23.5 Å². The molecule has 1 aromatic carbocycles. The lowest BCUT2D eigenvalue weighted by Gasteiger charge is -2.36. The average Bonchev–Trinajstić information content (AvgIpc) is 2.53. The van der Waals surface area contributed by atoms with E-state index < -0.39 is 12.3 Å². The van der Waals surface area contributed by atoms with Crippen LogP contribution in [0, 0.1) is 11.3 Å². The maximum Gasteiger partial charge on any atom is 0.418 e. The van der Waals surface area contributed by atoms with Crippen molar-refractivity contribution in [1.29, 1.82) is 5.26 Å². The predicted octanol–water partition coefficient (Wildman–Crippen LogP) is 2.69. The number of aliphatic hydroxyl groups is 1. The Bertz CT molecular complexity index is 575. The van der Waals surface area contributed by atoms with Gasteiger partial charge < -0.3 is 10.0 Å². The molecule has 1 heterocycles. The van der Waals surface area contributed by atoms with Crippen molar-refractivity contribution in [2.45, 2.75) is 25.6 Å². The van der Waals surface area contributed by atoms with Crippen LogP contribution in [0.2, 0.25) is 0 Å². The van der Waals surface area contributed by atoms with Gasteiger partial charge in [-0.3, -0.25) is 4.90 Å². The molecular formula is C16H20F3N3O. The van der Waals surface area contributed by atoms with Crippen LogP contribution in [-0.4, -0.2) is 48.9 Å². The number of hydrogen-bond acceptors (Lipinski definition) is 4. The lowest BCUT2D eigenvalue weighted by molar-refractivity contribution is -0.206. The molecule has 1 N–H and O–H groups in total. The van der Waals surface area contributed by atoms with E-state index in [-0.39, 0.29) is 11.1 Å². The Morgan fingerprint density at radius 3 is 2.43 bits per heavy atom. The second kappa shape index (κ2) is 7.20. The van der Waals surface area contributed by atoms with Gasteiger partial charge in [-0.05, 0) is 19.0 Å². The third-order valence-electron chi connectivity index (χ3n) is 4.04. The summed E-state index contributed by atoms with van der Waals surface area (Å²) in [5.41, 5.74) is -0.0146. The van der Waals surface area contributed by atoms with E-state index in [1.807, 2.05) is 11.0 Å². The minimum atomic E-state index is -4.79. The molecule has 1 aromatic rings. The van der Waals surface area contributed by atoms with Crippen LogP contribution < -0.4 is 4.90 Å². The van der Waals surface area contributed by atoms with Crippen LogP contribution in [0.25, 0.3) is 0 Å². The molecule has 1 fully saturated rings. The van der Waals surface area contributed by atoms with Gasteiger partial charge in [0, 0.05) is 31.7 Å². The van der Waals surface area contributed by atoms with Gasteiger partial charge in [-0.25, -0.2) is 0 Å². The number of alkyl halides is 3.